The molecule has 41 heavy (non-hydrogen) atoms. The molecule has 4 fully saturated rings. The number of aliphatic hydroxyl groups is 4. The van der Waals surface area contributed by atoms with Crippen LogP contribution in [0.2, 0.25) is 0 Å². The van der Waals surface area contributed by atoms with Crippen molar-refractivity contribution in [3.05, 3.63) is 11.6 Å². The molecule has 12 heteroatoms. The van der Waals surface area contributed by atoms with Crippen LogP contribution in [-0.2, 0) is 33.4 Å². The number of hydrogen-bond acceptors (Lipinski definition) is 12. The van der Waals surface area contributed by atoms with E-state index in [0.29, 0.717) is 6.42 Å². The quantitative estimate of drug-likeness (QED) is 0.182. The number of aliphatic hydroxyl groups excluding tert-OH is 2. The first-order valence-electron chi connectivity index (χ1n) is 14.1. The predicted molar refractivity (Wildman–Crippen MR) is 144 cm³/mol. The lowest BCUT2D eigenvalue weighted by atomic mass is 9.58. The number of thioether (sulfide) groups is 1. The molecule has 11 nitrogen and oxygen atoms in total. The number of ketones is 1. The maximum Gasteiger partial charge on any atom is 0.314 e. The Morgan fingerprint density at radius 3 is 2.41 bits per heavy atom. The summed E-state index contributed by atoms with van der Waals surface area (Å²) in [5.41, 5.74) is -8.45. The number of rotatable bonds is 7. The van der Waals surface area contributed by atoms with Crippen LogP contribution in [0.5, 0.6) is 0 Å². The molecule has 1 aliphatic heterocycles. The Balaban J connectivity index is 1.71. The number of carbonyl (C=O) groups excluding carboxylic acids is 4. The highest BCUT2D eigenvalue weighted by molar-refractivity contribution is 8.13. The van der Waals surface area contributed by atoms with E-state index in [0.717, 1.165) is 11.8 Å². The molecule has 3 saturated carbocycles. The van der Waals surface area contributed by atoms with Gasteiger partial charge in [0.05, 0.1) is 24.2 Å². The Morgan fingerprint density at radius 2 is 1.85 bits per heavy atom. The summed E-state index contributed by atoms with van der Waals surface area (Å²) >= 11 is 0.860. The largest absolute Gasteiger partial charge is 0.457 e. The number of hydrogen-bond donors (Lipinski definition) is 4. The predicted octanol–water partition coefficient (Wildman–Crippen LogP) is 0.540. The van der Waals surface area contributed by atoms with Crippen molar-refractivity contribution in [3.63, 3.8) is 0 Å². The molecule has 0 radical (unpaired) electrons. The minimum Gasteiger partial charge on any atom is -0.457 e. The van der Waals surface area contributed by atoms with E-state index < -0.39 is 112 Å². The third-order valence-electron chi connectivity index (χ3n) is 11.0. The van der Waals surface area contributed by atoms with Crippen molar-refractivity contribution < 1.29 is 53.8 Å². The fourth-order valence-corrected chi connectivity index (χ4v) is 8.75. The summed E-state index contributed by atoms with van der Waals surface area (Å²) in [5.74, 6) is -7.05. The maximum absolute atomic E-state index is 13.4. The lowest BCUT2D eigenvalue weighted by Gasteiger charge is -2.54. The summed E-state index contributed by atoms with van der Waals surface area (Å²) in [4.78, 5) is 51.9. The Morgan fingerprint density at radius 1 is 1.22 bits per heavy atom. The Kier molecular flexibility index (Phi) is 6.97. The van der Waals surface area contributed by atoms with Crippen LogP contribution in [0.4, 0.5) is 0 Å². The third kappa shape index (κ3) is 3.58. The van der Waals surface area contributed by atoms with Gasteiger partial charge in [0.2, 0.25) is 0 Å². The van der Waals surface area contributed by atoms with E-state index in [1.807, 2.05) is 6.92 Å². The SMILES string of the molecule is CCC(C)C(=O)OC12C(OC(=O)CC(=O)SC)C(C)C3(O)C(C(O)C4(CO)OC4C4(O)C(=O)C(C)=CC43)C1C2(C)C. The molecule has 1 saturated heterocycles. The van der Waals surface area contributed by atoms with Crippen molar-refractivity contribution in [2.75, 3.05) is 12.9 Å². The van der Waals surface area contributed by atoms with E-state index in [9.17, 15) is 39.6 Å². The average Bonchev–Trinajstić information content (AvgIpc) is 3.76. The zero-order valence-corrected chi connectivity index (χ0v) is 25.2. The summed E-state index contributed by atoms with van der Waals surface area (Å²) in [6.45, 7) is 9.41. The normalized spacial score (nSPS) is 47.4. The van der Waals surface area contributed by atoms with Gasteiger partial charge in [-0.2, -0.15) is 0 Å². The van der Waals surface area contributed by atoms with Gasteiger partial charge >= 0.3 is 11.9 Å². The molecule has 0 aromatic carbocycles. The van der Waals surface area contributed by atoms with E-state index in [4.69, 9.17) is 14.2 Å². The zero-order chi connectivity index (χ0) is 30.7. The molecule has 0 spiro atoms. The summed E-state index contributed by atoms with van der Waals surface area (Å²) in [7, 11) is 0. The van der Waals surface area contributed by atoms with Crippen LogP contribution in [0.25, 0.3) is 0 Å². The molecule has 5 aliphatic rings. The van der Waals surface area contributed by atoms with E-state index in [1.54, 1.807) is 27.7 Å². The average molecular weight is 597 g/mol. The molecule has 228 valence electrons. The second kappa shape index (κ2) is 9.33. The van der Waals surface area contributed by atoms with Crippen molar-refractivity contribution in [3.8, 4) is 0 Å². The van der Waals surface area contributed by atoms with Gasteiger partial charge in [0, 0.05) is 29.1 Å². The van der Waals surface area contributed by atoms with Crippen molar-refractivity contribution in [1.82, 2.24) is 0 Å². The molecule has 0 bridgehead atoms. The van der Waals surface area contributed by atoms with Crippen LogP contribution >= 0.6 is 11.8 Å². The van der Waals surface area contributed by atoms with Gasteiger partial charge < -0.3 is 34.6 Å². The summed E-state index contributed by atoms with van der Waals surface area (Å²) in [5, 5.41) is 46.7. The van der Waals surface area contributed by atoms with Crippen molar-refractivity contribution in [2.24, 2.45) is 35.0 Å². The smallest absolute Gasteiger partial charge is 0.314 e. The van der Waals surface area contributed by atoms with E-state index in [1.165, 1.54) is 19.3 Å². The van der Waals surface area contributed by atoms with Crippen LogP contribution in [0.3, 0.4) is 0 Å². The molecule has 12 unspecified atom stereocenters. The van der Waals surface area contributed by atoms with Crippen LogP contribution in [0, 0.1) is 35.0 Å². The molecule has 1 heterocycles. The number of ether oxygens (including phenoxy) is 3. The fourth-order valence-electron chi connectivity index (χ4n) is 8.48. The van der Waals surface area contributed by atoms with Crippen LogP contribution < -0.4 is 0 Å². The molecule has 0 aromatic heterocycles. The van der Waals surface area contributed by atoms with Crippen molar-refractivity contribution in [1.29, 1.82) is 0 Å². The zero-order valence-electron chi connectivity index (χ0n) is 24.4. The van der Waals surface area contributed by atoms with Crippen LogP contribution in [0.1, 0.15) is 54.4 Å². The van der Waals surface area contributed by atoms with Gasteiger partial charge in [-0.25, -0.2) is 0 Å². The summed E-state index contributed by atoms with van der Waals surface area (Å²) < 4.78 is 18.0. The van der Waals surface area contributed by atoms with E-state index in [2.05, 4.69) is 0 Å². The van der Waals surface area contributed by atoms with Gasteiger partial charge in [-0.15, -0.1) is 0 Å². The number of carbonyl (C=O) groups is 4. The third-order valence-corrected chi connectivity index (χ3v) is 11.6. The van der Waals surface area contributed by atoms with Crippen molar-refractivity contribution in [2.45, 2.75) is 95.1 Å². The number of epoxide rings is 1. The first-order valence-corrected chi connectivity index (χ1v) is 15.3. The Bertz CT molecular complexity index is 1230. The van der Waals surface area contributed by atoms with E-state index >= 15 is 0 Å². The first kappa shape index (κ1) is 30.6. The first-order chi connectivity index (χ1) is 19.0. The number of Topliss-reactive ketones (excluding diaryl/α,β-unsaturated/α-hetero) is 1. The molecule has 4 N–H and O–H groups in total. The second-order valence-electron chi connectivity index (χ2n) is 13.1. The fraction of sp³-hybridized carbons (Fsp3) is 0.793. The number of esters is 2. The topological polar surface area (TPSA) is 180 Å². The van der Waals surface area contributed by atoms with Crippen LogP contribution in [-0.4, -0.2) is 96.8 Å². The highest BCUT2D eigenvalue weighted by Crippen LogP contribution is 2.79. The monoisotopic (exact) mass is 596 g/mol. The molecule has 5 rings (SSSR count). The molecule has 0 amide bonds. The molecular formula is C29H40O11S. The van der Waals surface area contributed by atoms with Gasteiger partial charge in [-0.05, 0) is 25.2 Å². The molecule has 4 aliphatic carbocycles. The molecule has 0 aromatic rings. The summed E-state index contributed by atoms with van der Waals surface area (Å²) in [6, 6.07) is 0. The lowest BCUT2D eigenvalue weighted by molar-refractivity contribution is -0.251. The standard InChI is InChI=1S/C29H40O11S/c1-8-12(2)23(35)39-29-19(25(29,5)6)18-21(34)26(11-30)24(40-26)28(37)15(9-13(3)20(28)33)27(18,36)14(4)22(29)38-16(31)10-17(32)41-7/h9,12,14-15,18-19,21-22,24,30,34,36-37H,8,10-11H2,1-7H3. The second-order valence-corrected chi connectivity index (χ2v) is 14.0. The molecule has 12 atom stereocenters. The molecular weight excluding hydrogens is 556 g/mol. The van der Waals surface area contributed by atoms with E-state index in [-0.39, 0.29) is 5.57 Å². The maximum atomic E-state index is 13.4. The minimum absolute atomic E-state index is 0.185. The highest BCUT2D eigenvalue weighted by atomic mass is 32.2. The summed E-state index contributed by atoms with van der Waals surface area (Å²) in [6.07, 6.45) is -1.26. The Labute approximate surface area is 243 Å². The van der Waals surface area contributed by atoms with Gasteiger partial charge in [0.25, 0.3) is 0 Å². The number of fused-ring (bicyclic) bond motifs is 7. The highest BCUT2D eigenvalue weighted by Gasteiger charge is 2.92. The lowest BCUT2D eigenvalue weighted by Crippen LogP contribution is -2.69. The van der Waals surface area contributed by atoms with Gasteiger partial charge in [-0.1, -0.05) is 52.5 Å². The van der Waals surface area contributed by atoms with Gasteiger partial charge in [-0.3, -0.25) is 19.2 Å². The van der Waals surface area contributed by atoms with Crippen LogP contribution in [0.15, 0.2) is 11.6 Å². The Hall–Kier alpha value is -1.83. The van der Waals surface area contributed by atoms with Gasteiger partial charge in [0.15, 0.2) is 22.1 Å². The minimum atomic E-state index is -2.30. The van der Waals surface area contributed by atoms with Crippen molar-refractivity contribution >= 4 is 34.6 Å². The van der Waals surface area contributed by atoms with Gasteiger partial charge in [0.1, 0.15) is 24.2 Å².